The van der Waals surface area contributed by atoms with E-state index in [2.05, 4.69) is 12.2 Å². The maximum absolute atomic E-state index is 11.6. The van der Waals surface area contributed by atoms with Crippen LogP contribution in [-0.2, 0) is 4.79 Å². The number of anilines is 1. The van der Waals surface area contributed by atoms with Gasteiger partial charge in [0.25, 0.3) is 0 Å². The molecule has 4 nitrogen and oxygen atoms in total. The van der Waals surface area contributed by atoms with Crippen molar-refractivity contribution in [3.63, 3.8) is 0 Å². The number of nitrogens with one attached hydrogen (secondary N) is 1. The lowest BCUT2D eigenvalue weighted by Gasteiger charge is -2.31. The maximum atomic E-state index is 11.6. The maximum Gasteiger partial charge on any atom is 0.222 e. The lowest BCUT2D eigenvalue weighted by molar-refractivity contribution is -0.132. The summed E-state index contributed by atoms with van der Waals surface area (Å²) < 4.78 is 0. The lowest BCUT2D eigenvalue weighted by Crippen LogP contribution is -2.43. The van der Waals surface area contributed by atoms with Crippen LogP contribution < -0.4 is 11.1 Å². The van der Waals surface area contributed by atoms with E-state index in [9.17, 15) is 4.79 Å². The van der Waals surface area contributed by atoms with E-state index in [4.69, 9.17) is 18.0 Å². The molecule has 1 atom stereocenters. The second-order valence-corrected chi connectivity index (χ2v) is 6.88. The fourth-order valence-corrected chi connectivity index (χ4v) is 3.67. The Hall–Kier alpha value is -1.27. The number of thioether (sulfide) groups is 1. The molecule has 0 aliphatic carbocycles. The third kappa shape index (κ3) is 3.89. The van der Waals surface area contributed by atoms with Gasteiger partial charge >= 0.3 is 0 Å². The molecule has 1 aliphatic rings. The molecular weight excluding hydrogens is 302 g/mol. The van der Waals surface area contributed by atoms with Crippen LogP contribution in [0.2, 0.25) is 0 Å². The molecule has 1 aromatic rings. The van der Waals surface area contributed by atoms with Crippen LogP contribution in [0.3, 0.4) is 0 Å². The first-order valence-electron chi connectivity index (χ1n) is 7.09. The largest absolute Gasteiger partial charge is 0.389 e. The Morgan fingerprint density at radius 2 is 2.33 bits per heavy atom. The predicted molar refractivity (Wildman–Crippen MR) is 93.0 cm³/mol. The van der Waals surface area contributed by atoms with Crippen molar-refractivity contribution in [2.45, 2.75) is 30.7 Å². The van der Waals surface area contributed by atoms with Gasteiger partial charge in [-0.25, -0.2) is 0 Å². The van der Waals surface area contributed by atoms with Crippen LogP contribution in [0.5, 0.6) is 0 Å². The van der Waals surface area contributed by atoms with Gasteiger partial charge in [0.1, 0.15) is 4.99 Å². The number of likely N-dealkylation sites (N-methyl/N-ethyl adjacent to an activating group) is 1. The topological polar surface area (TPSA) is 58.4 Å². The number of nitrogens with two attached hydrogens (primary N) is 1. The molecule has 1 aromatic carbocycles. The van der Waals surface area contributed by atoms with E-state index >= 15 is 0 Å². The van der Waals surface area contributed by atoms with Crippen LogP contribution in [-0.4, -0.2) is 41.2 Å². The summed E-state index contributed by atoms with van der Waals surface area (Å²) in [6.45, 7) is 2.82. The Morgan fingerprint density at radius 1 is 1.57 bits per heavy atom. The van der Waals surface area contributed by atoms with Gasteiger partial charge in [0.05, 0.1) is 0 Å². The molecule has 2 rings (SSSR count). The average molecular weight is 323 g/mol. The van der Waals surface area contributed by atoms with Crippen molar-refractivity contribution in [3.8, 4) is 0 Å². The van der Waals surface area contributed by atoms with Crippen LogP contribution in [0, 0.1) is 0 Å². The summed E-state index contributed by atoms with van der Waals surface area (Å²) in [5.74, 6) is 1.18. The van der Waals surface area contributed by atoms with E-state index in [0.29, 0.717) is 18.0 Å². The van der Waals surface area contributed by atoms with Gasteiger partial charge in [-0.3, -0.25) is 4.79 Å². The van der Waals surface area contributed by atoms with E-state index in [0.717, 1.165) is 28.3 Å². The summed E-state index contributed by atoms with van der Waals surface area (Å²) >= 11 is 6.96. The first kappa shape index (κ1) is 16.1. The highest BCUT2D eigenvalue weighted by molar-refractivity contribution is 7.99. The van der Waals surface area contributed by atoms with Crippen molar-refractivity contribution in [3.05, 3.63) is 23.8 Å². The number of hydrogen-bond acceptors (Lipinski definition) is 4. The zero-order valence-electron chi connectivity index (χ0n) is 12.4. The van der Waals surface area contributed by atoms with Crippen molar-refractivity contribution in [2.24, 2.45) is 5.73 Å². The fourth-order valence-electron chi connectivity index (χ4n) is 2.53. The van der Waals surface area contributed by atoms with Gasteiger partial charge in [0.15, 0.2) is 0 Å². The molecule has 114 valence electrons. The summed E-state index contributed by atoms with van der Waals surface area (Å²) in [6, 6.07) is 6.30. The van der Waals surface area contributed by atoms with Crippen LogP contribution in [0.4, 0.5) is 5.69 Å². The second-order valence-electron chi connectivity index (χ2n) is 5.13. The molecule has 1 heterocycles. The molecule has 6 heteroatoms. The third-order valence-corrected chi connectivity index (χ3v) is 4.70. The highest BCUT2D eigenvalue weighted by Crippen LogP contribution is 2.29. The molecule has 1 fully saturated rings. The van der Waals surface area contributed by atoms with Crippen LogP contribution >= 0.6 is 24.0 Å². The highest BCUT2D eigenvalue weighted by Gasteiger charge is 2.23. The minimum absolute atomic E-state index is 0.206. The van der Waals surface area contributed by atoms with Crippen molar-refractivity contribution in [1.29, 1.82) is 0 Å². The highest BCUT2D eigenvalue weighted by atomic mass is 32.2. The van der Waals surface area contributed by atoms with Gasteiger partial charge in [0.2, 0.25) is 5.91 Å². The van der Waals surface area contributed by atoms with Gasteiger partial charge in [0, 0.05) is 42.2 Å². The summed E-state index contributed by atoms with van der Waals surface area (Å²) in [5.41, 5.74) is 7.80. The van der Waals surface area contributed by atoms with E-state index in [1.54, 1.807) is 16.7 Å². The van der Waals surface area contributed by atoms with Gasteiger partial charge in [-0.15, -0.1) is 11.8 Å². The third-order valence-electron chi connectivity index (χ3n) is 3.56. The molecular formula is C15H21N3OS2. The Labute approximate surface area is 135 Å². The molecule has 0 bridgehead atoms. The van der Waals surface area contributed by atoms with E-state index < -0.39 is 0 Å². The van der Waals surface area contributed by atoms with Gasteiger partial charge in [-0.2, -0.15) is 0 Å². The number of amides is 1. The number of carbonyl (C=O) groups excluding carboxylic acids is 1. The number of hydrogen-bond donors (Lipinski definition) is 2. The first-order valence-corrected chi connectivity index (χ1v) is 8.48. The Bertz CT molecular complexity index is 548. The van der Waals surface area contributed by atoms with Crippen molar-refractivity contribution in [1.82, 2.24) is 4.90 Å². The molecule has 1 aliphatic heterocycles. The number of thiocarbonyl (C=S) groups is 1. The molecule has 0 radical (unpaired) electrons. The number of rotatable bonds is 5. The van der Waals surface area contributed by atoms with Crippen molar-refractivity contribution >= 4 is 40.6 Å². The number of benzene rings is 1. The number of carbonyl (C=O) groups is 1. The van der Waals surface area contributed by atoms with E-state index in [1.807, 2.05) is 25.2 Å². The number of piperidine rings is 1. The van der Waals surface area contributed by atoms with Crippen molar-refractivity contribution in [2.75, 3.05) is 24.7 Å². The van der Waals surface area contributed by atoms with Gasteiger partial charge < -0.3 is 16.0 Å². The lowest BCUT2D eigenvalue weighted by atomic mass is 10.0. The molecule has 0 spiro atoms. The molecule has 21 heavy (non-hydrogen) atoms. The summed E-state index contributed by atoms with van der Waals surface area (Å²) in [7, 11) is 1.84. The van der Waals surface area contributed by atoms with E-state index in [1.165, 1.54) is 0 Å². The standard InChI is InChI=1S/C15H21N3OS2/c1-3-21-12-6-4-5-11(14(12)15(16)20)17-10-7-8-13(19)18(2)9-10/h4-6,10,17H,3,7-9H2,1-2H3,(H2,16,20). The van der Waals surface area contributed by atoms with Crippen LogP contribution in [0.25, 0.3) is 0 Å². The number of likely N-dealkylation sites (tertiary alicyclic amines) is 1. The van der Waals surface area contributed by atoms with Crippen LogP contribution in [0.1, 0.15) is 25.3 Å². The molecule has 0 saturated carbocycles. The van der Waals surface area contributed by atoms with Gasteiger partial charge in [-0.1, -0.05) is 25.2 Å². The van der Waals surface area contributed by atoms with Crippen molar-refractivity contribution < 1.29 is 4.79 Å². The molecule has 1 amide bonds. The Balaban J connectivity index is 2.21. The Morgan fingerprint density at radius 3 is 2.95 bits per heavy atom. The van der Waals surface area contributed by atoms with Crippen LogP contribution in [0.15, 0.2) is 23.1 Å². The first-order chi connectivity index (χ1) is 10.0. The van der Waals surface area contributed by atoms with E-state index in [-0.39, 0.29) is 11.9 Å². The summed E-state index contributed by atoms with van der Waals surface area (Å²) in [4.78, 5) is 14.8. The molecule has 1 unspecified atom stereocenters. The zero-order valence-corrected chi connectivity index (χ0v) is 14.0. The average Bonchev–Trinajstić information content (AvgIpc) is 2.43. The SMILES string of the molecule is CCSc1cccc(NC2CCC(=O)N(C)C2)c1C(N)=S. The molecule has 3 N–H and O–H groups in total. The molecule has 1 saturated heterocycles. The number of nitrogens with zero attached hydrogens (tertiary/aromatic N) is 1. The predicted octanol–water partition coefficient (Wildman–Crippen LogP) is 2.47. The normalized spacial score (nSPS) is 18.7. The summed E-state index contributed by atoms with van der Waals surface area (Å²) in [5, 5.41) is 3.51. The summed E-state index contributed by atoms with van der Waals surface area (Å²) in [6.07, 6.45) is 1.42. The second kappa shape index (κ2) is 7.13. The minimum atomic E-state index is 0.206. The molecule has 0 aromatic heterocycles. The zero-order chi connectivity index (χ0) is 15.4. The monoisotopic (exact) mass is 323 g/mol. The Kier molecular flexibility index (Phi) is 5.47. The minimum Gasteiger partial charge on any atom is -0.389 e. The smallest absolute Gasteiger partial charge is 0.222 e. The van der Waals surface area contributed by atoms with Gasteiger partial charge in [-0.05, 0) is 24.3 Å². The fraction of sp³-hybridized carbons (Fsp3) is 0.467. The quantitative estimate of drug-likeness (QED) is 0.644.